The second-order valence-electron chi connectivity index (χ2n) is 4.47. The summed E-state index contributed by atoms with van der Waals surface area (Å²) in [4.78, 5) is 13.2. The normalized spacial score (nSPS) is 17.2. The SMILES string of the molecule is NCC(C(=O)O)c1cc(N2CCOCC2)ccc1O. The topological polar surface area (TPSA) is 96.0 Å². The van der Waals surface area contributed by atoms with Gasteiger partial charge in [0.2, 0.25) is 0 Å². The molecule has 4 N–H and O–H groups in total. The van der Waals surface area contributed by atoms with Crippen LogP contribution < -0.4 is 10.6 Å². The third-order valence-electron chi connectivity index (χ3n) is 3.30. The molecule has 1 aromatic carbocycles. The molecule has 6 nitrogen and oxygen atoms in total. The van der Waals surface area contributed by atoms with E-state index < -0.39 is 11.9 Å². The molecule has 1 aliphatic rings. The lowest BCUT2D eigenvalue weighted by molar-refractivity contribution is -0.138. The van der Waals surface area contributed by atoms with E-state index in [-0.39, 0.29) is 12.3 Å². The van der Waals surface area contributed by atoms with E-state index in [0.717, 1.165) is 18.8 Å². The summed E-state index contributed by atoms with van der Waals surface area (Å²) in [7, 11) is 0. The van der Waals surface area contributed by atoms with Gasteiger partial charge < -0.3 is 25.6 Å². The Kier molecular flexibility index (Phi) is 4.24. The molecule has 0 spiro atoms. The summed E-state index contributed by atoms with van der Waals surface area (Å²) in [5.74, 6) is -1.95. The molecule has 0 amide bonds. The highest BCUT2D eigenvalue weighted by Crippen LogP contribution is 2.30. The van der Waals surface area contributed by atoms with Gasteiger partial charge in [0.05, 0.1) is 19.1 Å². The third kappa shape index (κ3) is 2.97. The zero-order valence-corrected chi connectivity index (χ0v) is 10.6. The highest BCUT2D eigenvalue weighted by atomic mass is 16.5. The van der Waals surface area contributed by atoms with Crippen LogP contribution in [0.4, 0.5) is 5.69 Å². The molecule has 1 unspecified atom stereocenters. The predicted molar refractivity (Wildman–Crippen MR) is 70.6 cm³/mol. The van der Waals surface area contributed by atoms with E-state index in [0.29, 0.717) is 18.8 Å². The zero-order valence-electron chi connectivity index (χ0n) is 10.6. The van der Waals surface area contributed by atoms with Gasteiger partial charge in [-0.05, 0) is 18.2 Å². The number of benzene rings is 1. The molecular formula is C13H18N2O4. The number of aliphatic carboxylic acids is 1. The maximum absolute atomic E-state index is 11.1. The second-order valence-corrected chi connectivity index (χ2v) is 4.47. The minimum atomic E-state index is -1.03. The fraction of sp³-hybridized carbons (Fsp3) is 0.462. The van der Waals surface area contributed by atoms with Crippen LogP contribution in [0, 0.1) is 0 Å². The molecule has 19 heavy (non-hydrogen) atoms. The lowest BCUT2D eigenvalue weighted by atomic mass is 9.97. The van der Waals surface area contributed by atoms with Crippen molar-refractivity contribution in [2.45, 2.75) is 5.92 Å². The molecule has 1 aromatic rings. The fourth-order valence-corrected chi connectivity index (χ4v) is 2.20. The summed E-state index contributed by atoms with van der Waals surface area (Å²) in [5, 5.41) is 18.9. The van der Waals surface area contributed by atoms with Crippen LogP contribution in [0.3, 0.4) is 0 Å². The largest absolute Gasteiger partial charge is 0.508 e. The van der Waals surface area contributed by atoms with E-state index in [9.17, 15) is 9.90 Å². The Morgan fingerprint density at radius 2 is 2.11 bits per heavy atom. The number of phenols is 1. The molecule has 1 heterocycles. The Balaban J connectivity index is 2.30. The van der Waals surface area contributed by atoms with Crippen LogP contribution >= 0.6 is 0 Å². The van der Waals surface area contributed by atoms with Crippen molar-refractivity contribution in [3.8, 4) is 5.75 Å². The fourth-order valence-electron chi connectivity index (χ4n) is 2.20. The molecule has 1 fully saturated rings. The molecule has 104 valence electrons. The first-order valence-corrected chi connectivity index (χ1v) is 6.22. The van der Waals surface area contributed by atoms with Crippen molar-refractivity contribution in [3.05, 3.63) is 23.8 Å². The monoisotopic (exact) mass is 266 g/mol. The molecule has 6 heteroatoms. The lowest BCUT2D eigenvalue weighted by Gasteiger charge is -2.29. The average molecular weight is 266 g/mol. The number of rotatable bonds is 4. The van der Waals surface area contributed by atoms with Gasteiger partial charge in [0.1, 0.15) is 5.75 Å². The van der Waals surface area contributed by atoms with Gasteiger partial charge in [0.25, 0.3) is 0 Å². The molecule has 1 atom stereocenters. The Labute approximate surface area is 111 Å². The molecule has 0 bridgehead atoms. The smallest absolute Gasteiger partial charge is 0.312 e. The summed E-state index contributed by atoms with van der Waals surface area (Å²) in [5.41, 5.74) is 6.72. The second kappa shape index (κ2) is 5.90. The van der Waals surface area contributed by atoms with Crippen molar-refractivity contribution in [3.63, 3.8) is 0 Å². The minimum Gasteiger partial charge on any atom is -0.508 e. The maximum atomic E-state index is 11.1. The van der Waals surface area contributed by atoms with Crippen LogP contribution in [0.5, 0.6) is 5.75 Å². The molecule has 1 saturated heterocycles. The molecule has 0 aliphatic carbocycles. The Morgan fingerprint density at radius 3 is 2.68 bits per heavy atom. The van der Waals surface area contributed by atoms with Gasteiger partial charge in [0.15, 0.2) is 0 Å². The Morgan fingerprint density at radius 1 is 1.42 bits per heavy atom. The van der Waals surface area contributed by atoms with Crippen LogP contribution in [0.25, 0.3) is 0 Å². The highest BCUT2D eigenvalue weighted by molar-refractivity contribution is 5.78. The van der Waals surface area contributed by atoms with Crippen molar-refractivity contribution in [1.29, 1.82) is 0 Å². The number of morpholine rings is 1. The summed E-state index contributed by atoms with van der Waals surface area (Å²) in [6.07, 6.45) is 0. The van der Waals surface area contributed by atoms with Gasteiger partial charge in [-0.1, -0.05) is 0 Å². The number of nitrogens with zero attached hydrogens (tertiary/aromatic N) is 1. The lowest BCUT2D eigenvalue weighted by Crippen LogP contribution is -2.36. The maximum Gasteiger partial charge on any atom is 0.312 e. The number of phenolic OH excluding ortho intramolecular Hbond substituents is 1. The van der Waals surface area contributed by atoms with Crippen LogP contribution in [0.1, 0.15) is 11.5 Å². The standard InChI is InChI=1S/C13H18N2O4/c14-8-11(13(17)18)10-7-9(1-2-12(10)16)15-3-5-19-6-4-15/h1-2,7,11,16H,3-6,8,14H2,(H,17,18). The molecule has 1 aliphatic heterocycles. The van der Waals surface area contributed by atoms with Gasteiger partial charge in [-0.2, -0.15) is 0 Å². The first-order chi connectivity index (χ1) is 9.13. The predicted octanol–water partition coefficient (Wildman–Crippen LogP) is 0.356. The van der Waals surface area contributed by atoms with Crippen molar-refractivity contribution < 1.29 is 19.7 Å². The van der Waals surface area contributed by atoms with Crippen molar-refractivity contribution in [2.24, 2.45) is 5.73 Å². The molecule has 0 radical (unpaired) electrons. The molecule has 0 aromatic heterocycles. The van der Waals surface area contributed by atoms with Crippen LogP contribution in [0.2, 0.25) is 0 Å². The number of carboxylic acids is 1. The minimum absolute atomic E-state index is 0.0325. The van der Waals surface area contributed by atoms with E-state index in [1.165, 1.54) is 6.07 Å². The molecule has 2 rings (SSSR count). The average Bonchev–Trinajstić information content (AvgIpc) is 2.42. The summed E-state index contributed by atoms with van der Waals surface area (Å²) < 4.78 is 5.28. The number of carbonyl (C=O) groups is 1. The Bertz CT molecular complexity index is 458. The van der Waals surface area contributed by atoms with E-state index in [1.54, 1.807) is 12.1 Å². The molecule has 0 saturated carbocycles. The number of aromatic hydroxyl groups is 1. The van der Waals surface area contributed by atoms with Gasteiger partial charge in [-0.15, -0.1) is 0 Å². The van der Waals surface area contributed by atoms with Crippen LogP contribution in [-0.4, -0.2) is 49.0 Å². The van der Waals surface area contributed by atoms with Gasteiger partial charge in [-0.25, -0.2) is 0 Å². The van der Waals surface area contributed by atoms with Gasteiger partial charge in [0, 0.05) is 30.9 Å². The first-order valence-electron chi connectivity index (χ1n) is 6.22. The van der Waals surface area contributed by atoms with E-state index in [2.05, 4.69) is 4.90 Å². The highest BCUT2D eigenvalue weighted by Gasteiger charge is 2.23. The van der Waals surface area contributed by atoms with Crippen molar-refractivity contribution in [1.82, 2.24) is 0 Å². The quantitative estimate of drug-likeness (QED) is 0.728. The summed E-state index contributed by atoms with van der Waals surface area (Å²) in [6, 6.07) is 5.00. The third-order valence-corrected chi connectivity index (χ3v) is 3.30. The summed E-state index contributed by atoms with van der Waals surface area (Å²) in [6.45, 7) is 2.76. The van der Waals surface area contributed by atoms with Crippen molar-refractivity contribution >= 4 is 11.7 Å². The summed E-state index contributed by atoms with van der Waals surface area (Å²) >= 11 is 0. The number of hydrogen-bond acceptors (Lipinski definition) is 5. The Hall–Kier alpha value is -1.79. The van der Waals surface area contributed by atoms with Gasteiger partial charge >= 0.3 is 5.97 Å². The van der Waals surface area contributed by atoms with Gasteiger partial charge in [-0.3, -0.25) is 4.79 Å². The molecular weight excluding hydrogens is 248 g/mol. The van der Waals surface area contributed by atoms with Crippen LogP contribution in [-0.2, 0) is 9.53 Å². The van der Waals surface area contributed by atoms with E-state index in [1.807, 2.05) is 0 Å². The number of anilines is 1. The number of hydrogen-bond donors (Lipinski definition) is 3. The van der Waals surface area contributed by atoms with Crippen LogP contribution in [0.15, 0.2) is 18.2 Å². The van der Waals surface area contributed by atoms with E-state index in [4.69, 9.17) is 15.6 Å². The van der Waals surface area contributed by atoms with Crippen molar-refractivity contribution in [2.75, 3.05) is 37.7 Å². The van der Waals surface area contributed by atoms with E-state index >= 15 is 0 Å². The first kappa shape index (κ1) is 13.6. The zero-order chi connectivity index (χ0) is 13.8. The number of carboxylic acid groups (broad SMARTS) is 1. The number of ether oxygens (including phenoxy) is 1. The number of nitrogens with two attached hydrogens (primary N) is 1.